The van der Waals surface area contributed by atoms with Gasteiger partial charge in [-0.2, -0.15) is 13.2 Å². The van der Waals surface area contributed by atoms with Crippen LogP contribution in [0.4, 0.5) is 18.9 Å². The van der Waals surface area contributed by atoms with Crippen LogP contribution in [0.2, 0.25) is 0 Å². The van der Waals surface area contributed by atoms with E-state index in [0.29, 0.717) is 18.5 Å². The Hall–Kier alpha value is -2.17. The minimum Gasteiger partial charge on any atom is -0.395 e. The predicted octanol–water partition coefficient (Wildman–Crippen LogP) is 4.31. The van der Waals surface area contributed by atoms with Gasteiger partial charge in [-0.25, -0.2) is 0 Å². The first-order valence-corrected chi connectivity index (χ1v) is 6.49. The quantitative estimate of drug-likeness (QED) is 0.767. The summed E-state index contributed by atoms with van der Waals surface area (Å²) in [5.74, 6) is 0. The zero-order chi connectivity index (χ0) is 15.9. The Morgan fingerprint density at radius 1 is 1.24 bits per heavy atom. The SMILES string of the molecule is C=C/C(=C\C=C(/N)C(F)(F)F)CCNc1ccc(C)cc1. The fourth-order valence-corrected chi connectivity index (χ4v) is 1.57. The average Bonchev–Trinajstić information content (AvgIpc) is 2.43. The number of anilines is 1. The Kier molecular flexibility index (Phi) is 6.09. The zero-order valence-electron chi connectivity index (χ0n) is 11.9. The molecule has 1 aromatic carbocycles. The molecule has 0 aliphatic rings. The number of halogens is 3. The molecule has 2 nitrogen and oxygen atoms in total. The molecule has 0 aromatic heterocycles. The summed E-state index contributed by atoms with van der Waals surface area (Å²) in [5, 5.41) is 3.19. The lowest BCUT2D eigenvalue weighted by molar-refractivity contribution is -0.0926. The molecule has 114 valence electrons. The van der Waals surface area contributed by atoms with Crippen LogP contribution in [0.15, 0.2) is 60.3 Å². The van der Waals surface area contributed by atoms with E-state index in [1.54, 1.807) is 0 Å². The first kappa shape index (κ1) is 16.9. The number of nitrogens with one attached hydrogen (secondary N) is 1. The fourth-order valence-electron chi connectivity index (χ4n) is 1.57. The summed E-state index contributed by atoms with van der Waals surface area (Å²) in [6.45, 7) is 6.19. The summed E-state index contributed by atoms with van der Waals surface area (Å²) in [7, 11) is 0. The van der Waals surface area contributed by atoms with Gasteiger partial charge in [0.05, 0.1) is 0 Å². The second-order valence-electron chi connectivity index (χ2n) is 4.61. The van der Waals surface area contributed by atoms with Crippen LogP contribution in [-0.2, 0) is 0 Å². The highest BCUT2D eigenvalue weighted by molar-refractivity contribution is 5.44. The van der Waals surface area contributed by atoms with Gasteiger partial charge in [-0.1, -0.05) is 36.4 Å². The van der Waals surface area contributed by atoms with E-state index in [9.17, 15) is 13.2 Å². The van der Waals surface area contributed by atoms with E-state index in [1.165, 1.54) is 17.7 Å². The Bertz CT molecular complexity index is 525. The second-order valence-corrected chi connectivity index (χ2v) is 4.61. The molecule has 0 radical (unpaired) electrons. The first-order valence-electron chi connectivity index (χ1n) is 6.49. The molecule has 0 fully saturated rings. The van der Waals surface area contributed by atoms with E-state index in [1.807, 2.05) is 31.2 Å². The molecule has 0 aliphatic carbocycles. The number of nitrogens with two attached hydrogens (primary N) is 1. The molecule has 1 aromatic rings. The van der Waals surface area contributed by atoms with Crippen molar-refractivity contribution in [1.82, 2.24) is 0 Å². The lowest BCUT2D eigenvalue weighted by atomic mass is 10.1. The minimum atomic E-state index is -4.50. The van der Waals surface area contributed by atoms with Crippen molar-refractivity contribution >= 4 is 5.69 Å². The molecule has 0 amide bonds. The molecule has 0 atom stereocenters. The Labute approximate surface area is 122 Å². The maximum atomic E-state index is 12.2. The van der Waals surface area contributed by atoms with Gasteiger partial charge in [0.15, 0.2) is 0 Å². The van der Waals surface area contributed by atoms with Gasteiger partial charge in [0.1, 0.15) is 5.70 Å². The maximum Gasteiger partial charge on any atom is 0.430 e. The van der Waals surface area contributed by atoms with Crippen LogP contribution in [-0.4, -0.2) is 12.7 Å². The third-order valence-electron chi connectivity index (χ3n) is 2.86. The number of aryl methyl sites for hydroxylation is 1. The van der Waals surface area contributed by atoms with Crippen molar-refractivity contribution in [2.75, 3.05) is 11.9 Å². The monoisotopic (exact) mass is 296 g/mol. The maximum absolute atomic E-state index is 12.2. The molecule has 0 unspecified atom stereocenters. The number of hydrogen-bond donors (Lipinski definition) is 2. The topological polar surface area (TPSA) is 38.0 Å². The standard InChI is InChI=1S/C16H19F3N2/c1-3-13(6-9-15(20)16(17,18)19)10-11-21-14-7-4-12(2)5-8-14/h3-9,21H,1,10-11,20H2,2H3/b13-6+,15-9-. The van der Waals surface area contributed by atoms with E-state index < -0.39 is 11.9 Å². The van der Waals surface area contributed by atoms with Crippen molar-refractivity contribution in [1.29, 1.82) is 0 Å². The van der Waals surface area contributed by atoms with Crippen LogP contribution in [0.1, 0.15) is 12.0 Å². The normalized spacial score (nSPS) is 13.1. The van der Waals surface area contributed by atoms with Crippen molar-refractivity contribution < 1.29 is 13.2 Å². The summed E-state index contributed by atoms with van der Waals surface area (Å²) in [6, 6.07) is 7.88. The first-order chi connectivity index (χ1) is 9.82. The van der Waals surface area contributed by atoms with Crippen molar-refractivity contribution in [3.8, 4) is 0 Å². The molecule has 3 N–H and O–H groups in total. The van der Waals surface area contributed by atoms with E-state index in [-0.39, 0.29) is 0 Å². The summed E-state index contributed by atoms with van der Waals surface area (Å²) in [6.07, 6.45) is -0.214. The van der Waals surface area contributed by atoms with E-state index in [2.05, 4.69) is 11.9 Å². The lowest BCUT2D eigenvalue weighted by Crippen LogP contribution is -2.18. The van der Waals surface area contributed by atoms with Crippen LogP contribution < -0.4 is 11.1 Å². The van der Waals surface area contributed by atoms with Gasteiger partial charge in [0, 0.05) is 12.2 Å². The van der Waals surface area contributed by atoms with Crippen LogP contribution in [0.5, 0.6) is 0 Å². The van der Waals surface area contributed by atoms with Gasteiger partial charge in [0.25, 0.3) is 0 Å². The molecular formula is C16H19F3N2. The Morgan fingerprint density at radius 2 is 1.86 bits per heavy atom. The predicted molar refractivity (Wildman–Crippen MR) is 80.9 cm³/mol. The molecule has 21 heavy (non-hydrogen) atoms. The molecule has 0 spiro atoms. The van der Waals surface area contributed by atoms with E-state index >= 15 is 0 Å². The fraction of sp³-hybridized carbons (Fsp3) is 0.250. The zero-order valence-corrected chi connectivity index (χ0v) is 11.9. The second kappa shape index (κ2) is 7.57. The van der Waals surface area contributed by atoms with Crippen LogP contribution in [0, 0.1) is 6.92 Å². The van der Waals surface area contributed by atoms with E-state index in [0.717, 1.165) is 11.8 Å². The number of alkyl halides is 3. The largest absolute Gasteiger partial charge is 0.430 e. The molecule has 0 saturated carbocycles. The van der Waals surface area contributed by atoms with Crippen LogP contribution >= 0.6 is 0 Å². The van der Waals surface area contributed by atoms with E-state index in [4.69, 9.17) is 5.73 Å². The van der Waals surface area contributed by atoms with Gasteiger partial charge in [-0.05, 0) is 37.1 Å². The number of hydrogen-bond acceptors (Lipinski definition) is 2. The third-order valence-corrected chi connectivity index (χ3v) is 2.86. The van der Waals surface area contributed by atoms with Crippen molar-refractivity contribution in [2.45, 2.75) is 19.5 Å². The smallest absolute Gasteiger partial charge is 0.395 e. The third kappa shape index (κ3) is 6.21. The number of rotatable bonds is 6. The Balaban J connectivity index is 2.55. The highest BCUT2D eigenvalue weighted by atomic mass is 19.4. The van der Waals surface area contributed by atoms with Gasteiger partial charge in [-0.15, -0.1) is 0 Å². The highest BCUT2D eigenvalue weighted by Gasteiger charge is 2.30. The summed E-state index contributed by atoms with van der Waals surface area (Å²) in [4.78, 5) is 0. The molecule has 0 bridgehead atoms. The molecule has 0 saturated heterocycles. The lowest BCUT2D eigenvalue weighted by Gasteiger charge is -2.08. The Morgan fingerprint density at radius 3 is 2.38 bits per heavy atom. The van der Waals surface area contributed by atoms with Crippen molar-refractivity contribution in [2.24, 2.45) is 5.73 Å². The molecule has 0 aliphatic heterocycles. The average molecular weight is 296 g/mol. The number of allylic oxidation sites excluding steroid dienone is 4. The number of benzene rings is 1. The molecule has 5 heteroatoms. The summed E-state index contributed by atoms with van der Waals surface area (Å²) in [5.41, 5.74) is 6.63. The minimum absolute atomic E-state index is 0.555. The molecule has 1 rings (SSSR count). The van der Waals surface area contributed by atoms with Crippen LogP contribution in [0.25, 0.3) is 0 Å². The van der Waals surface area contributed by atoms with Crippen molar-refractivity contribution in [3.63, 3.8) is 0 Å². The van der Waals surface area contributed by atoms with Gasteiger partial charge in [0.2, 0.25) is 0 Å². The van der Waals surface area contributed by atoms with Gasteiger partial charge in [-0.3, -0.25) is 0 Å². The summed E-state index contributed by atoms with van der Waals surface area (Å²) >= 11 is 0. The van der Waals surface area contributed by atoms with Crippen molar-refractivity contribution in [3.05, 3.63) is 65.9 Å². The summed E-state index contributed by atoms with van der Waals surface area (Å²) < 4.78 is 36.7. The highest BCUT2D eigenvalue weighted by Crippen LogP contribution is 2.21. The molecular weight excluding hydrogens is 277 g/mol. The molecule has 0 heterocycles. The van der Waals surface area contributed by atoms with Gasteiger partial charge >= 0.3 is 6.18 Å². The van der Waals surface area contributed by atoms with Crippen LogP contribution in [0.3, 0.4) is 0 Å². The van der Waals surface area contributed by atoms with Gasteiger partial charge < -0.3 is 11.1 Å².